The first-order valence-electron chi connectivity index (χ1n) is 15.0. The predicted molar refractivity (Wildman–Crippen MR) is 163 cm³/mol. The number of hydrogen-bond acceptors (Lipinski definition) is 8. The number of ether oxygens (including phenoxy) is 2. The molecule has 15 heteroatoms. The van der Waals surface area contributed by atoms with Crippen molar-refractivity contribution in [2.75, 3.05) is 32.4 Å². The molecule has 2 amide bonds. The number of nitrogens with one attached hydrogen (secondary N) is 1. The van der Waals surface area contributed by atoms with Crippen LogP contribution in [0.4, 0.5) is 17.6 Å². The van der Waals surface area contributed by atoms with Gasteiger partial charge >= 0.3 is 6.36 Å². The quantitative estimate of drug-likeness (QED) is 0.331. The SMILES string of the molecule is CS(=O)(=O)c1ccc(OC2CCN(C(=O)c3ccc(C(=O)N[C@H]4CCN(Cc5ccc(OC(F)(F)F)cc5)C[C@@H]4F)nc3)CC2)cc1. The monoisotopic (exact) mass is 678 g/mol. The molecule has 0 spiro atoms. The number of amides is 2. The molecule has 5 rings (SSSR count). The summed E-state index contributed by atoms with van der Waals surface area (Å²) in [6.07, 6.45) is -2.33. The summed E-state index contributed by atoms with van der Waals surface area (Å²) in [5.41, 5.74) is 1.06. The van der Waals surface area contributed by atoms with Gasteiger partial charge in [-0.05, 0) is 60.5 Å². The molecule has 2 aliphatic rings. The average Bonchev–Trinajstić information content (AvgIpc) is 3.02. The van der Waals surface area contributed by atoms with E-state index in [4.69, 9.17) is 4.74 Å². The van der Waals surface area contributed by atoms with Crippen molar-refractivity contribution in [1.82, 2.24) is 20.1 Å². The zero-order valence-electron chi connectivity index (χ0n) is 25.5. The number of nitrogens with zero attached hydrogens (tertiary/aromatic N) is 3. The lowest BCUT2D eigenvalue weighted by molar-refractivity contribution is -0.274. The Balaban J connectivity index is 1.06. The zero-order valence-corrected chi connectivity index (χ0v) is 26.3. The summed E-state index contributed by atoms with van der Waals surface area (Å²) < 4.78 is 85.2. The Kier molecular flexibility index (Phi) is 10.3. The van der Waals surface area contributed by atoms with E-state index >= 15 is 4.39 Å². The Bertz CT molecular complexity index is 1650. The Hall–Kier alpha value is -4.24. The van der Waals surface area contributed by atoms with Gasteiger partial charge in [-0.15, -0.1) is 13.2 Å². The first-order valence-corrected chi connectivity index (χ1v) is 16.9. The van der Waals surface area contributed by atoms with E-state index in [2.05, 4.69) is 15.0 Å². The number of halogens is 4. The molecule has 0 saturated carbocycles. The average molecular weight is 679 g/mol. The molecule has 252 valence electrons. The molecule has 10 nitrogen and oxygen atoms in total. The number of aromatic nitrogens is 1. The second-order valence-corrected chi connectivity index (χ2v) is 13.6. The second kappa shape index (κ2) is 14.3. The summed E-state index contributed by atoms with van der Waals surface area (Å²) in [5, 5.41) is 2.68. The highest BCUT2D eigenvalue weighted by Gasteiger charge is 2.32. The molecule has 2 aromatic carbocycles. The lowest BCUT2D eigenvalue weighted by atomic mass is 10.0. The van der Waals surface area contributed by atoms with Crippen LogP contribution in [0.5, 0.6) is 11.5 Å². The summed E-state index contributed by atoms with van der Waals surface area (Å²) in [5.74, 6) is -0.578. The van der Waals surface area contributed by atoms with Gasteiger partial charge in [-0.2, -0.15) is 0 Å². The van der Waals surface area contributed by atoms with Gasteiger partial charge in [0.05, 0.1) is 16.5 Å². The molecule has 0 bridgehead atoms. The van der Waals surface area contributed by atoms with Gasteiger partial charge in [-0.1, -0.05) is 12.1 Å². The van der Waals surface area contributed by atoms with Gasteiger partial charge < -0.3 is 19.7 Å². The molecule has 3 heterocycles. The molecule has 2 atom stereocenters. The van der Waals surface area contributed by atoms with Gasteiger partial charge in [0.25, 0.3) is 11.8 Å². The molecule has 47 heavy (non-hydrogen) atoms. The molecule has 0 radical (unpaired) electrons. The van der Waals surface area contributed by atoms with Crippen LogP contribution in [0, 0.1) is 0 Å². The van der Waals surface area contributed by atoms with Crippen LogP contribution in [0.3, 0.4) is 0 Å². The van der Waals surface area contributed by atoms with Crippen molar-refractivity contribution in [2.24, 2.45) is 0 Å². The highest BCUT2D eigenvalue weighted by Crippen LogP contribution is 2.25. The third-order valence-electron chi connectivity index (χ3n) is 8.03. The van der Waals surface area contributed by atoms with Crippen LogP contribution < -0.4 is 14.8 Å². The first kappa shape index (κ1) is 34.1. The molecule has 2 saturated heterocycles. The van der Waals surface area contributed by atoms with Crippen LogP contribution in [0.25, 0.3) is 0 Å². The summed E-state index contributed by atoms with van der Waals surface area (Å²) >= 11 is 0. The molecular formula is C32H34F4N4O6S. The van der Waals surface area contributed by atoms with Crippen LogP contribution >= 0.6 is 0 Å². The molecule has 2 aliphatic heterocycles. The minimum atomic E-state index is -4.78. The molecule has 3 aromatic rings. The number of rotatable bonds is 9. The van der Waals surface area contributed by atoms with E-state index in [9.17, 15) is 31.2 Å². The van der Waals surface area contributed by atoms with E-state index in [0.29, 0.717) is 62.3 Å². The number of likely N-dealkylation sites (tertiary alicyclic amines) is 2. The highest BCUT2D eigenvalue weighted by molar-refractivity contribution is 7.90. The summed E-state index contributed by atoms with van der Waals surface area (Å²) in [6, 6.07) is 13.8. The van der Waals surface area contributed by atoms with Gasteiger partial charge in [-0.25, -0.2) is 12.8 Å². The maximum absolute atomic E-state index is 15.0. The van der Waals surface area contributed by atoms with Crippen molar-refractivity contribution in [3.8, 4) is 11.5 Å². The summed E-state index contributed by atoms with van der Waals surface area (Å²) in [4.78, 5) is 33.7. The number of piperidine rings is 2. The van der Waals surface area contributed by atoms with Crippen molar-refractivity contribution >= 4 is 21.7 Å². The van der Waals surface area contributed by atoms with E-state index in [-0.39, 0.29) is 34.9 Å². The van der Waals surface area contributed by atoms with Crippen LogP contribution in [-0.4, -0.2) is 92.1 Å². The Morgan fingerprint density at radius 3 is 2.17 bits per heavy atom. The number of sulfone groups is 1. The van der Waals surface area contributed by atoms with Gasteiger partial charge in [0.1, 0.15) is 29.5 Å². The maximum Gasteiger partial charge on any atom is 0.573 e. The van der Waals surface area contributed by atoms with E-state index in [1.807, 2.05) is 4.90 Å². The van der Waals surface area contributed by atoms with E-state index < -0.39 is 34.3 Å². The standard InChI is InChI=1S/C32H34F4N4O6S/c1-47(43,44)26-9-7-23(8-10-26)45-24-12-16-40(17-13-24)31(42)22-4-11-29(37-18-22)30(41)38-28-14-15-39(20-27(28)33)19-21-2-5-25(6-3-21)46-32(34,35)36/h2-11,18,24,27-28H,12-17,19-20H2,1H3,(H,38,41)/t27-,28-/m0/s1. The molecule has 1 N–H and O–H groups in total. The van der Waals surface area contributed by atoms with E-state index in [0.717, 1.165) is 6.26 Å². The van der Waals surface area contributed by atoms with Crippen LogP contribution in [0.1, 0.15) is 45.7 Å². The molecule has 0 aliphatic carbocycles. The van der Waals surface area contributed by atoms with Gasteiger partial charge in [0.15, 0.2) is 9.84 Å². The van der Waals surface area contributed by atoms with E-state index in [1.165, 1.54) is 54.7 Å². The fourth-order valence-electron chi connectivity index (χ4n) is 5.54. The number of pyridine rings is 1. The van der Waals surface area contributed by atoms with Crippen molar-refractivity contribution in [3.05, 3.63) is 83.7 Å². The molecule has 1 aromatic heterocycles. The minimum absolute atomic E-state index is 0.0316. The first-order chi connectivity index (χ1) is 22.2. The number of alkyl halides is 4. The fraction of sp³-hybridized carbons (Fsp3) is 0.406. The fourth-order valence-corrected chi connectivity index (χ4v) is 6.17. The summed E-state index contributed by atoms with van der Waals surface area (Å²) in [7, 11) is -3.30. The molecule has 2 fully saturated rings. The number of hydrogen-bond donors (Lipinski definition) is 1. The Morgan fingerprint density at radius 1 is 0.936 bits per heavy atom. The van der Waals surface area contributed by atoms with E-state index in [1.54, 1.807) is 17.0 Å². The largest absolute Gasteiger partial charge is 0.573 e. The lowest BCUT2D eigenvalue weighted by Crippen LogP contribution is -2.52. The van der Waals surface area contributed by atoms with Crippen molar-refractivity contribution in [1.29, 1.82) is 0 Å². The maximum atomic E-state index is 15.0. The second-order valence-electron chi connectivity index (χ2n) is 11.6. The zero-order chi connectivity index (χ0) is 33.8. The molecule has 0 unspecified atom stereocenters. The van der Waals surface area contributed by atoms with Crippen LogP contribution in [0.15, 0.2) is 71.8 Å². The smallest absolute Gasteiger partial charge is 0.490 e. The van der Waals surface area contributed by atoms with Gasteiger partial charge in [0, 0.05) is 58.0 Å². The summed E-state index contributed by atoms with van der Waals surface area (Å²) in [6.45, 7) is 1.72. The third-order valence-corrected chi connectivity index (χ3v) is 9.16. The van der Waals surface area contributed by atoms with Crippen LogP contribution in [0.2, 0.25) is 0 Å². The van der Waals surface area contributed by atoms with Crippen molar-refractivity contribution in [3.63, 3.8) is 0 Å². The number of benzene rings is 2. The minimum Gasteiger partial charge on any atom is -0.490 e. The van der Waals surface area contributed by atoms with Gasteiger partial charge in [0.2, 0.25) is 0 Å². The number of carbonyl (C=O) groups excluding carboxylic acids is 2. The highest BCUT2D eigenvalue weighted by atomic mass is 32.2. The lowest BCUT2D eigenvalue weighted by Gasteiger charge is -2.35. The van der Waals surface area contributed by atoms with Crippen molar-refractivity contribution in [2.45, 2.75) is 55.4 Å². The molecular weight excluding hydrogens is 644 g/mol. The predicted octanol–water partition coefficient (Wildman–Crippen LogP) is 4.41. The topological polar surface area (TPSA) is 118 Å². The Labute approximate surface area is 269 Å². The normalized spacial score (nSPS) is 19.6. The van der Waals surface area contributed by atoms with Gasteiger partial charge in [-0.3, -0.25) is 19.5 Å². The third kappa shape index (κ3) is 9.41. The van der Waals surface area contributed by atoms with Crippen LogP contribution in [-0.2, 0) is 16.4 Å². The number of carbonyl (C=O) groups is 2. The Morgan fingerprint density at radius 2 is 1.60 bits per heavy atom. The van der Waals surface area contributed by atoms with Crippen molar-refractivity contribution < 1.29 is 45.0 Å².